The SMILES string of the molecule is c1ccc(-c2ccc(-c3ccccc3N(c3ccc(-c4ccc(-c5ccc6c(c5)oc5ccccc56)cc4)cc3)c3cccc(-n4c5ccccc5c5ccccc54)c3)cc2)cc1. The maximum absolute atomic E-state index is 6.21. The second-order valence-electron chi connectivity index (χ2n) is 16.1. The van der Waals surface area contributed by atoms with E-state index in [2.05, 4.69) is 240 Å². The molecule has 0 aliphatic rings. The fourth-order valence-electron chi connectivity index (χ4n) is 9.35. The van der Waals surface area contributed by atoms with Crippen LogP contribution >= 0.6 is 0 Å². The van der Waals surface area contributed by atoms with Crippen molar-refractivity contribution < 1.29 is 4.42 Å². The molecule has 0 spiro atoms. The summed E-state index contributed by atoms with van der Waals surface area (Å²) in [7, 11) is 0. The average Bonchev–Trinajstić information content (AvgIpc) is 3.91. The Morgan fingerprint density at radius 3 is 1.51 bits per heavy atom. The summed E-state index contributed by atoms with van der Waals surface area (Å²) in [6, 6.07) is 87.2. The second kappa shape index (κ2) is 15.3. The second-order valence-corrected chi connectivity index (χ2v) is 16.1. The van der Waals surface area contributed by atoms with Crippen molar-refractivity contribution in [2.45, 2.75) is 0 Å². The van der Waals surface area contributed by atoms with Gasteiger partial charge >= 0.3 is 0 Å². The minimum atomic E-state index is 0.907. The molecule has 0 aliphatic carbocycles. The fourth-order valence-corrected chi connectivity index (χ4v) is 9.35. The zero-order valence-corrected chi connectivity index (χ0v) is 34.4. The molecule has 0 aliphatic heterocycles. The number of para-hydroxylation sites is 4. The molecule has 0 amide bonds. The quantitative estimate of drug-likeness (QED) is 0.153. The van der Waals surface area contributed by atoms with Crippen LogP contribution in [-0.2, 0) is 0 Å². The molecule has 0 saturated carbocycles. The first kappa shape index (κ1) is 36.5. The topological polar surface area (TPSA) is 21.3 Å². The smallest absolute Gasteiger partial charge is 0.136 e. The van der Waals surface area contributed by atoms with Gasteiger partial charge in [0.2, 0.25) is 0 Å². The average molecular weight is 805 g/mol. The summed E-state index contributed by atoms with van der Waals surface area (Å²) < 4.78 is 8.60. The van der Waals surface area contributed by atoms with Crippen molar-refractivity contribution in [1.82, 2.24) is 4.57 Å². The molecule has 0 radical (unpaired) electrons. The number of rotatable bonds is 8. The van der Waals surface area contributed by atoms with Gasteiger partial charge in [-0.25, -0.2) is 0 Å². The van der Waals surface area contributed by atoms with Crippen LogP contribution in [0.5, 0.6) is 0 Å². The molecule has 2 aromatic heterocycles. The van der Waals surface area contributed by atoms with Crippen molar-refractivity contribution in [3.05, 3.63) is 243 Å². The zero-order chi connectivity index (χ0) is 41.7. The Morgan fingerprint density at radius 1 is 0.302 bits per heavy atom. The highest BCUT2D eigenvalue weighted by Crippen LogP contribution is 2.43. The van der Waals surface area contributed by atoms with Crippen molar-refractivity contribution in [2.24, 2.45) is 0 Å². The van der Waals surface area contributed by atoms with Crippen LogP contribution in [0.1, 0.15) is 0 Å². The van der Waals surface area contributed by atoms with Gasteiger partial charge in [0.25, 0.3) is 0 Å². The Balaban J connectivity index is 0.941. The molecule has 0 N–H and O–H groups in total. The summed E-state index contributed by atoms with van der Waals surface area (Å²) in [4.78, 5) is 2.40. The molecule has 10 aromatic carbocycles. The van der Waals surface area contributed by atoms with Crippen molar-refractivity contribution in [2.75, 3.05) is 4.90 Å². The summed E-state index contributed by atoms with van der Waals surface area (Å²) in [5, 5.41) is 4.78. The van der Waals surface area contributed by atoms with Gasteiger partial charge in [-0.15, -0.1) is 0 Å². The zero-order valence-electron chi connectivity index (χ0n) is 34.4. The Hall–Kier alpha value is -8.40. The first-order valence-corrected chi connectivity index (χ1v) is 21.5. The maximum Gasteiger partial charge on any atom is 0.136 e. The Labute approximate surface area is 366 Å². The number of nitrogens with zero attached hydrogens (tertiary/aromatic N) is 2. The van der Waals surface area contributed by atoms with Crippen LogP contribution in [0.3, 0.4) is 0 Å². The first-order valence-electron chi connectivity index (χ1n) is 21.5. The van der Waals surface area contributed by atoms with Gasteiger partial charge in [-0.3, -0.25) is 0 Å². The van der Waals surface area contributed by atoms with E-state index in [0.717, 1.165) is 78.1 Å². The van der Waals surface area contributed by atoms with Crippen molar-refractivity contribution in [1.29, 1.82) is 0 Å². The molecule has 0 atom stereocenters. The molecule has 3 heteroatoms. The third-order valence-electron chi connectivity index (χ3n) is 12.4. The van der Waals surface area contributed by atoms with Crippen molar-refractivity contribution >= 4 is 60.8 Å². The molecule has 0 bridgehead atoms. The third kappa shape index (κ3) is 6.46. The molecule has 63 heavy (non-hydrogen) atoms. The van der Waals surface area contributed by atoms with E-state index < -0.39 is 0 Å². The molecule has 296 valence electrons. The number of fused-ring (bicyclic) bond motifs is 6. The van der Waals surface area contributed by atoms with Gasteiger partial charge in [0.05, 0.1) is 16.7 Å². The molecule has 12 aromatic rings. The van der Waals surface area contributed by atoms with Crippen LogP contribution in [0.15, 0.2) is 247 Å². The predicted molar refractivity (Wildman–Crippen MR) is 264 cm³/mol. The van der Waals surface area contributed by atoms with E-state index in [9.17, 15) is 0 Å². The number of furan rings is 1. The van der Waals surface area contributed by atoms with Gasteiger partial charge in [-0.05, 0) is 106 Å². The number of anilines is 3. The largest absolute Gasteiger partial charge is 0.456 e. The molecule has 2 heterocycles. The third-order valence-corrected chi connectivity index (χ3v) is 12.4. The number of hydrogen-bond donors (Lipinski definition) is 0. The summed E-state index contributed by atoms with van der Waals surface area (Å²) in [5.74, 6) is 0. The lowest BCUT2D eigenvalue weighted by Gasteiger charge is -2.28. The van der Waals surface area contributed by atoms with E-state index >= 15 is 0 Å². The number of benzene rings is 10. The van der Waals surface area contributed by atoms with Gasteiger partial charge in [0, 0.05) is 44.2 Å². The van der Waals surface area contributed by atoms with Crippen LogP contribution < -0.4 is 4.90 Å². The minimum Gasteiger partial charge on any atom is -0.456 e. The van der Waals surface area contributed by atoms with Gasteiger partial charge in [-0.1, -0.05) is 176 Å². The van der Waals surface area contributed by atoms with Gasteiger partial charge in [0.1, 0.15) is 11.2 Å². The first-order chi connectivity index (χ1) is 31.2. The monoisotopic (exact) mass is 804 g/mol. The van der Waals surface area contributed by atoms with E-state index in [1.54, 1.807) is 0 Å². The van der Waals surface area contributed by atoms with E-state index in [4.69, 9.17) is 4.42 Å². The van der Waals surface area contributed by atoms with Crippen LogP contribution in [0, 0.1) is 0 Å². The van der Waals surface area contributed by atoms with E-state index in [1.165, 1.54) is 32.9 Å². The Morgan fingerprint density at radius 2 is 0.810 bits per heavy atom. The summed E-state index contributed by atoms with van der Waals surface area (Å²) in [6.45, 7) is 0. The molecule has 0 fully saturated rings. The predicted octanol–water partition coefficient (Wildman–Crippen LogP) is 16.8. The molecule has 12 rings (SSSR count). The van der Waals surface area contributed by atoms with Gasteiger partial charge < -0.3 is 13.9 Å². The summed E-state index contributed by atoms with van der Waals surface area (Å²) >= 11 is 0. The molecule has 0 unspecified atom stereocenters. The lowest BCUT2D eigenvalue weighted by atomic mass is 9.97. The fraction of sp³-hybridized carbons (Fsp3) is 0. The minimum absolute atomic E-state index is 0.907. The highest BCUT2D eigenvalue weighted by molar-refractivity contribution is 6.09. The standard InChI is InChI=1S/C60H40N2O/c1-2-13-41(14-3-1)42-29-31-46(32-30-42)51-17-4-8-21-56(51)61(49-15-12-16-50(40-49)62-57-22-9-5-18-52(57)53-19-6-10-23-58(53)62)48-36-33-44(34-37-48)43-25-27-45(28-26-43)47-35-38-55-54-20-7-11-24-59(54)63-60(55)39-47/h1-40H. The number of aromatic nitrogens is 1. The van der Waals surface area contributed by atoms with E-state index in [0.29, 0.717) is 0 Å². The molecular weight excluding hydrogens is 765 g/mol. The van der Waals surface area contributed by atoms with Crippen LogP contribution in [-0.4, -0.2) is 4.57 Å². The lowest BCUT2D eigenvalue weighted by molar-refractivity contribution is 0.669. The summed E-state index contributed by atoms with van der Waals surface area (Å²) in [5.41, 5.74) is 17.9. The molecule has 3 nitrogen and oxygen atoms in total. The van der Waals surface area contributed by atoms with Crippen LogP contribution in [0.4, 0.5) is 17.1 Å². The summed E-state index contributed by atoms with van der Waals surface area (Å²) in [6.07, 6.45) is 0. The lowest BCUT2D eigenvalue weighted by Crippen LogP contribution is -2.11. The van der Waals surface area contributed by atoms with Gasteiger partial charge in [0.15, 0.2) is 0 Å². The molecular formula is C60H40N2O. The highest BCUT2D eigenvalue weighted by Gasteiger charge is 2.20. The van der Waals surface area contributed by atoms with Crippen molar-refractivity contribution in [3.63, 3.8) is 0 Å². The normalized spacial score (nSPS) is 11.5. The maximum atomic E-state index is 6.21. The van der Waals surface area contributed by atoms with Crippen LogP contribution in [0.2, 0.25) is 0 Å². The van der Waals surface area contributed by atoms with Crippen LogP contribution in [0.25, 0.3) is 93.9 Å². The highest BCUT2D eigenvalue weighted by atomic mass is 16.3. The van der Waals surface area contributed by atoms with Crippen molar-refractivity contribution in [3.8, 4) is 50.2 Å². The van der Waals surface area contributed by atoms with E-state index in [-0.39, 0.29) is 0 Å². The molecule has 0 saturated heterocycles. The van der Waals surface area contributed by atoms with E-state index in [1.807, 2.05) is 12.1 Å². The van der Waals surface area contributed by atoms with Gasteiger partial charge in [-0.2, -0.15) is 0 Å². The Kier molecular flexibility index (Phi) is 8.83. The number of hydrogen-bond acceptors (Lipinski definition) is 2. The Bertz CT molecular complexity index is 3550.